The van der Waals surface area contributed by atoms with Crippen LogP contribution in [0.4, 0.5) is 0 Å². The number of ketones is 4. The van der Waals surface area contributed by atoms with Crippen molar-refractivity contribution in [1.29, 1.82) is 0 Å². The van der Waals surface area contributed by atoms with Crippen LogP contribution in [0.1, 0.15) is 198 Å². The van der Waals surface area contributed by atoms with Gasteiger partial charge in [-0.05, 0) is 75.4 Å². The Balaban J connectivity index is 1.43. The molecule has 11 atom stereocenters. The topological polar surface area (TPSA) is 206 Å². The first-order valence-corrected chi connectivity index (χ1v) is 26.1. The van der Waals surface area contributed by atoms with E-state index < -0.39 is 84.7 Å². The number of likely N-dealkylation sites (N-methyl/N-ethyl adjacent to an activating group) is 1. The molecule has 3 aliphatic carbocycles. The van der Waals surface area contributed by atoms with Crippen molar-refractivity contribution in [3.63, 3.8) is 0 Å². The molecule has 2 unspecified atom stereocenters. The van der Waals surface area contributed by atoms with Crippen molar-refractivity contribution in [2.75, 3.05) is 13.7 Å². The van der Waals surface area contributed by atoms with Crippen molar-refractivity contribution >= 4 is 48.0 Å². The fourth-order valence-corrected chi connectivity index (χ4v) is 10.9. The second-order valence-electron chi connectivity index (χ2n) is 22.0. The van der Waals surface area contributed by atoms with Gasteiger partial charge in [0.1, 0.15) is 11.8 Å². The van der Waals surface area contributed by atoms with E-state index in [9.17, 15) is 43.8 Å². The van der Waals surface area contributed by atoms with Crippen LogP contribution in [0.2, 0.25) is 5.82 Å². The summed E-state index contributed by atoms with van der Waals surface area (Å²) >= 11 is 0. The van der Waals surface area contributed by atoms with E-state index in [1.54, 1.807) is 6.92 Å². The average molecular weight is 944 g/mol. The van der Waals surface area contributed by atoms with Gasteiger partial charge in [-0.15, -0.1) is 0 Å². The van der Waals surface area contributed by atoms with Gasteiger partial charge in [-0.2, -0.15) is 0 Å². The molecule has 0 spiro atoms. The number of rotatable bonds is 34. The molecule has 67 heavy (non-hydrogen) atoms. The average Bonchev–Trinajstić information content (AvgIpc) is 3.63. The first-order chi connectivity index (χ1) is 31.5. The van der Waals surface area contributed by atoms with Crippen LogP contribution >= 0.6 is 0 Å². The predicted octanol–water partition coefficient (Wildman–Crippen LogP) is 7.52. The van der Waals surface area contributed by atoms with Crippen molar-refractivity contribution in [3.8, 4) is 0 Å². The minimum absolute atomic E-state index is 0.00823. The lowest BCUT2D eigenvalue weighted by molar-refractivity contribution is -0.199. The number of hydrogen-bond acceptors (Lipinski definition) is 11. The zero-order chi connectivity index (χ0) is 50.2. The van der Waals surface area contributed by atoms with Crippen molar-refractivity contribution in [2.24, 2.45) is 35.0 Å². The molecule has 0 aromatic heterocycles. The number of Topliss-reactive ketones (excluding diaryl/α,β-unsaturated/α-hetero) is 4. The van der Waals surface area contributed by atoms with Gasteiger partial charge in [0, 0.05) is 51.5 Å². The van der Waals surface area contributed by atoms with Crippen LogP contribution in [0.15, 0.2) is 0 Å². The molecular weight excluding hydrogens is 853 g/mol. The van der Waals surface area contributed by atoms with E-state index in [1.165, 1.54) is 65.8 Å². The Hall–Kier alpha value is -3.01. The molecule has 382 valence electrons. The van der Waals surface area contributed by atoms with Crippen molar-refractivity contribution < 1.29 is 53.1 Å². The largest absolute Gasteiger partial charge is 0.461 e. The first kappa shape index (κ1) is 58.3. The van der Waals surface area contributed by atoms with Crippen molar-refractivity contribution in [3.05, 3.63) is 0 Å². The number of aliphatic hydroxyl groups excluding tert-OH is 2. The molecule has 2 bridgehead atoms. The van der Waals surface area contributed by atoms with E-state index >= 15 is 0 Å². The van der Waals surface area contributed by atoms with Gasteiger partial charge < -0.3 is 35.1 Å². The van der Waals surface area contributed by atoms with Crippen LogP contribution in [0.5, 0.6) is 0 Å². The molecular formula is C52H90BN3O11. The van der Waals surface area contributed by atoms with E-state index in [0.29, 0.717) is 24.7 Å². The molecule has 3 amide bonds. The number of unbranched alkanes of at least 4 members (excludes halogenated alkanes) is 10. The highest BCUT2D eigenvalue weighted by Crippen LogP contribution is 2.66. The fraction of sp³-hybridized carbons (Fsp3) is 0.865. The monoisotopic (exact) mass is 944 g/mol. The third-order valence-electron chi connectivity index (χ3n) is 15.5. The van der Waals surface area contributed by atoms with Crippen molar-refractivity contribution in [2.45, 2.75) is 239 Å². The summed E-state index contributed by atoms with van der Waals surface area (Å²) in [5.41, 5.74) is -0.205. The highest BCUT2D eigenvalue weighted by molar-refractivity contribution is 6.47. The van der Waals surface area contributed by atoms with Gasteiger partial charge in [-0.25, -0.2) is 0 Å². The zero-order valence-corrected chi connectivity index (χ0v) is 43.3. The van der Waals surface area contributed by atoms with Gasteiger partial charge in [0.2, 0.25) is 17.7 Å². The maximum absolute atomic E-state index is 13.8. The number of hydrogen-bond donors (Lipinski definition) is 4. The fourth-order valence-electron chi connectivity index (χ4n) is 10.9. The molecule has 4 aliphatic rings. The van der Waals surface area contributed by atoms with Gasteiger partial charge in [0.15, 0.2) is 17.3 Å². The predicted molar refractivity (Wildman–Crippen MR) is 261 cm³/mol. The third-order valence-corrected chi connectivity index (χ3v) is 15.5. The van der Waals surface area contributed by atoms with Crippen molar-refractivity contribution in [1.82, 2.24) is 15.5 Å². The standard InChI is InChI=1S/C52H90BN3O11/c1-12-13-14-15-16-17-18-19-20-21-22-23-40(59)29-38(32-57)50(65)54-36(6)42(60)24-25-47(63)56(11)48(37(7)58)44(62)27-34(4)49(64)55-41(26-33(2)3)43(61)28-35(5)53-66-46-31-39-30-45(51(39,8)9)52(46,10)67-53/h33-39,41,45-46,48,57-58H,12-32H2,1-11H3,(H,54,65)(H,55,64)/t34-,35-,36-,37?,38-,39+,41+,45+,46?,48+,52+/m1/s1. The van der Waals surface area contributed by atoms with E-state index in [-0.39, 0.29) is 66.9 Å². The van der Waals surface area contributed by atoms with Crippen LogP contribution in [-0.2, 0) is 42.9 Å². The number of amides is 3. The summed E-state index contributed by atoms with van der Waals surface area (Å²) in [5.74, 6) is -4.01. The molecule has 4 fully saturated rings. The molecule has 15 heteroatoms. The highest BCUT2D eigenvalue weighted by atomic mass is 16.7. The van der Waals surface area contributed by atoms with E-state index in [0.717, 1.165) is 43.4 Å². The summed E-state index contributed by atoms with van der Waals surface area (Å²) in [6.07, 6.45) is 13.4. The molecule has 14 nitrogen and oxygen atoms in total. The number of nitrogens with one attached hydrogen (secondary N) is 2. The molecule has 1 saturated heterocycles. The van der Waals surface area contributed by atoms with Gasteiger partial charge in [0.25, 0.3) is 0 Å². The van der Waals surface area contributed by atoms with Crippen LogP contribution in [0.3, 0.4) is 0 Å². The molecule has 1 aliphatic heterocycles. The number of aliphatic hydroxyl groups is 2. The summed E-state index contributed by atoms with van der Waals surface area (Å²) in [7, 11) is 0.828. The Labute approximate surface area is 403 Å². The van der Waals surface area contributed by atoms with Crippen LogP contribution in [0, 0.1) is 35.0 Å². The molecule has 4 N–H and O–H groups in total. The maximum Gasteiger partial charge on any atom is 0.461 e. The van der Waals surface area contributed by atoms with Gasteiger partial charge in [0.05, 0.1) is 42.4 Å². The number of carbonyl (C=O) groups is 7. The van der Waals surface area contributed by atoms with E-state index in [4.69, 9.17) is 9.31 Å². The molecule has 0 aromatic carbocycles. The molecule has 3 saturated carbocycles. The van der Waals surface area contributed by atoms with Gasteiger partial charge in [-0.1, -0.05) is 113 Å². The summed E-state index contributed by atoms with van der Waals surface area (Å²) < 4.78 is 13.0. The van der Waals surface area contributed by atoms with Gasteiger partial charge in [-0.3, -0.25) is 33.6 Å². The summed E-state index contributed by atoms with van der Waals surface area (Å²) in [6, 6.07) is -3.09. The number of carbonyl (C=O) groups excluding carboxylic acids is 7. The van der Waals surface area contributed by atoms with Crippen LogP contribution in [-0.4, -0.2) is 113 Å². The maximum atomic E-state index is 13.8. The first-order valence-electron chi connectivity index (χ1n) is 26.1. The minimum atomic E-state index is -1.30. The van der Waals surface area contributed by atoms with Crippen LogP contribution < -0.4 is 10.6 Å². The SMILES string of the molecule is CCCCCCCCCCCCCC(=O)C[C@H](CO)C(=O)N[C@H](C)C(=O)CCC(=O)N(C)[C@H](C(=O)C[C@@H](C)C(=O)N[C@@H](CC(C)C)C(=O)C[C@@H](C)B1OC2C[C@@H]3C[C@@H](C3(C)C)[C@]2(C)O1)C(C)O. The molecule has 0 radical (unpaired) electrons. The smallest absolute Gasteiger partial charge is 0.405 e. The van der Waals surface area contributed by atoms with Crippen LogP contribution in [0.25, 0.3) is 0 Å². The normalized spacial score (nSPS) is 23.7. The lowest BCUT2D eigenvalue weighted by Crippen LogP contribution is -2.65. The minimum Gasteiger partial charge on any atom is -0.405 e. The Bertz CT molecular complexity index is 1660. The summed E-state index contributed by atoms with van der Waals surface area (Å²) in [6.45, 7) is 18.7. The zero-order valence-electron chi connectivity index (χ0n) is 43.3. The summed E-state index contributed by atoms with van der Waals surface area (Å²) in [5, 5.41) is 26.0. The summed E-state index contributed by atoms with van der Waals surface area (Å²) in [4.78, 5) is 94.0. The Morgan fingerprint density at radius 3 is 1.88 bits per heavy atom. The third kappa shape index (κ3) is 16.8. The molecule has 0 aromatic rings. The second-order valence-corrected chi connectivity index (χ2v) is 22.0. The Kier molecular flexibility index (Phi) is 23.8. The lowest BCUT2D eigenvalue weighted by Gasteiger charge is -2.64. The lowest BCUT2D eigenvalue weighted by atomic mass is 9.43. The molecule has 1 heterocycles. The Morgan fingerprint density at radius 1 is 0.731 bits per heavy atom. The second kappa shape index (κ2) is 27.4. The quantitative estimate of drug-likeness (QED) is 0.0367. The Morgan fingerprint density at radius 2 is 1.33 bits per heavy atom. The highest BCUT2D eigenvalue weighted by Gasteiger charge is 2.68. The van der Waals surface area contributed by atoms with E-state index in [1.807, 2.05) is 20.8 Å². The number of nitrogens with zero attached hydrogens (tertiary/aromatic N) is 1. The molecule has 4 rings (SSSR count). The van der Waals surface area contributed by atoms with Gasteiger partial charge >= 0.3 is 7.12 Å². The van der Waals surface area contributed by atoms with E-state index in [2.05, 4.69) is 38.3 Å².